The lowest BCUT2D eigenvalue weighted by Crippen LogP contribution is -2.29. The van der Waals surface area contributed by atoms with Gasteiger partial charge in [0.2, 0.25) is 0 Å². The van der Waals surface area contributed by atoms with Gasteiger partial charge in [0.1, 0.15) is 11.8 Å². The first kappa shape index (κ1) is 20.7. The van der Waals surface area contributed by atoms with Crippen LogP contribution < -0.4 is 9.64 Å². The van der Waals surface area contributed by atoms with Crippen LogP contribution in [0.5, 0.6) is 5.75 Å². The third kappa shape index (κ3) is 3.46. The van der Waals surface area contributed by atoms with Gasteiger partial charge in [0.05, 0.1) is 24.1 Å². The third-order valence-corrected chi connectivity index (χ3v) is 6.13. The van der Waals surface area contributed by atoms with Crippen LogP contribution in [0.3, 0.4) is 0 Å². The second-order valence-corrected chi connectivity index (χ2v) is 8.09. The summed E-state index contributed by atoms with van der Waals surface area (Å²) >= 11 is 1.27. The minimum absolute atomic E-state index is 0.00740. The number of Topliss-reactive ketones (excluding diaryl/α,β-unsaturated/α-hetero) is 1. The van der Waals surface area contributed by atoms with Crippen molar-refractivity contribution in [1.82, 2.24) is 9.97 Å². The fourth-order valence-electron chi connectivity index (χ4n) is 3.38. The molecule has 1 N–H and O–H groups in total. The van der Waals surface area contributed by atoms with E-state index in [1.165, 1.54) is 41.7 Å². The number of ether oxygens (including phenoxy) is 1. The smallest absolute Gasteiger partial charge is 0.301 e. The first-order valence-electron chi connectivity index (χ1n) is 9.33. The summed E-state index contributed by atoms with van der Waals surface area (Å²) in [5.41, 5.74) is 0.976. The fraction of sp³-hybridized carbons (Fsp3) is 0.182. The Bertz CT molecular complexity index is 1200. The molecule has 7 nitrogen and oxygen atoms in total. The number of nitrogens with zero attached hydrogens (tertiary/aromatic N) is 3. The molecule has 1 aromatic carbocycles. The zero-order valence-electron chi connectivity index (χ0n) is 16.9. The van der Waals surface area contributed by atoms with Gasteiger partial charge in [0, 0.05) is 16.6 Å². The van der Waals surface area contributed by atoms with Crippen molar-refractivity contribution < 1.29 is 23.8 Å². The summed E-state index contributed by atoms with van der Waals surface area (Å²) in [6, 6.07) is 7.87. The summed E-state index contributed by atoms with van der Waals surface area (Å²) < 4.78 is 19.1. The minimum atomic E-state index is -1.00. The van der Waals surface area contributed by atoms with Gasteiger partial charge in [0.25, 0.3) is 5.78 Å². The number of hydrogen-bond acceptors (Lipinski definition) is 7. The van der Waals surface area contributed by atoms with Crippen molar-refractivity contribution in [2.45, 2.75) is 19.9 Å². The van der Waals surface area contributed by atoms with E-state index in [4.69, 9.17) is 4.74 Å². The normalized spacial score (nSPS) is 17.9. The summed E-state index contributed by atoms with van der Waals surface area (Å²) in [5.74, 6) is -2.94. The Kier molecular flexibility index (Phi) is 5.28. The summed E-state index contributed by atoms with van der Waals surface area (Å²) in [4.78, 5) is 36.9. The molecule has 1 amide bonds. The van der Waals surface area contributed by atoms with Crippen LogP contribution in [0.4, 0.5) is 9.52 Å². The van der Waals surface area contributed by atoms with Gasteiger partial charge in [0.15, 0.2) is 16.7 Å². The summed E-state index contributed by atoms with van der Waals surface area (Å²) in [6.45, 7) is 3.67. The highest BCUT2D eigenvalue weighted by molar-refractivity contribution is 7.16. The van der Waals surface area contributed by atoms with E-state index in [0.717, 1.165) is 16.6 Å². The maximum Gasteiger partial charge on any atom is 0.301 e. The Morgan fingerprint density at radius 3 is 2.58 bits per heavy atom. The number of aromatic nitrogens is 2. The van der Waals surface area contributed by atoms with Crippen LogP contribution in [-0.2, 0) is 9.59 Å². The Morgan fingerprint density at radius 1 is 1.23 bits per heavy atom. The second-order valence-electron chi connectivity index (χ2n) is 6.91. The summed E-state index contributed by atoms with van der Waals surface area (Å²) in [6.07, 6.45) is 1.53. The molecule has 1 fully saturated rings. The molecule has 1 aliphatic heterocycles. The van der Waals surface area contributed by atoms with E-state index in [2.05, 4.69) is 9.97 Å². The lowest BCUT2D eigenvalue weighted by Gasteiger charge is -2.22. The molecule has 0 aliphatic carbocycles. The highest BCUT2D eigenvalue weighted by Crippen LogP contribution is 2.43. The minimum Gasteiger partial charge on any atom is -0.507 e. The average molecular weight is 439 g/mol. The molecule has 158 valence electrons. The van der Waals surface area contributed by atoms with Crippen LogP contribution in [0.1, 0.15) is 27.9 Å². The Balaban J connectivity index is 1.93. The number of benzene rings is 1. The van der Waals surface area contributed by atoms with E-state index in [1.54, 1.807) is 18.2 Å². The molecule has 0 spiro atoms. The molecular formula is C22H18FN3O4S. The molecule has 1 atom stereocenters. The van der Waals surface area contributed by atoms with Crippen molar-refractivity contribution in [3.63, 3.8) is 0 Å². The zero-order valence-corrected chi connectivity index (χ0v) is 17.7. The van der Waals surface area contributed by atoms with Crippen molar-refractivity contribution >= 4 is 33.9 Å². The van der Waals surface area contributed by atoms with Crippen molar-refractivity contribution in [1.29, 1.82) is 0 Å². The monoisotopic (exact) mass is 439 g/mol. The number of anilines is 1. The highest BCUT2D eigenvalue weighted by atomic mass is 32.1. The quantitative estimate of drug-likeness (QED) is 0.376. The Labute approximate surface area is 181 Å². The van der Waals surface area contributed by atoms with Crippen LogP contribution in [0.2, 0.25) is 0 Å². The van der Waals surface area contributed by atoms with Crippen LogP contribution >= 0.6 is 11.3 Å². The topological polar surface area (TPSA) is 92.6 Å². The van der Waals surface area contributed by atoms with Crippen LogP contribution in [0.15, 0.2) is 48.2 Å². The molecule has 9 heteroatoms. The van der Waals surface area contributed by atoms with Gasteiger partial charge in [-0.05, 0) is 44.2 Å². The number of aliphatic hydroxyl groups excluding tert-OH is 1. The van der Waals surface area contributed by atoms with Crippen molar-refractivity contribution in [2.24, 2.45) is 0 Å². The number of carbonyl (C=O) groups is 2. The predicted octanol–water partition coefficient (Wildman–Crippen LogP) is 3.93. The number of carbonyl (C=O) groups excluding carboxylic acids is 2. The van der Waals surface area contributed by atoms with Gasteiger partial charge in [-0.3, -0.25) is 19.5 Å². The second kappa shape index (κ2) is 7.92. The van der Waals surface area contributed by atoms with Crippen molar-refractivity contribution in [2.75, 3.05) is 12.0 Å². The van der Waals surface area contributed by atoms with Crippen LogP contribution in [-0.4, -0.2) is 33.9 Å². The van der Waals surface area contributed by atoms with Crippen molar-refractivity contribution in [3.05, 3.63) is 75.8 Å². The third-order valence-electron chi connectivity index (χ3n) is 5.06. The molecule has 4 rings (SSSR count). The van der Waals surface area contributed by atoms with E-state index < -0.39 is 29.3 Å². The molecule has 2 aromatic heterocycles. The van der Waals surface area contributed by atoms with E-state index in [9.17, 15) is 19.1 Å². The number of pyridine rings is 1. The number of ketones is 1. The molecule has 1 saturated heterocycles. The number of halogens is 1. The van der Waals surface area contributed by atoms with Gasteiger partial charge in [-0.2, -0.15) is 0 Å². The number of aryl methyl sites for hydroxylation is 2. The first-order valence-corrected chi connectivity index (χ1v) is 10.1. The lowest BCUT2D eigenvalue weighted by molar-refractivity contribution is -0.132. The molecule has 3 heterocycles. The lowest BCUT2D eigenvalue weighted by atomic mass is 9.98. The molecular weight excluding hydrogens is 421 g/mol. The molecule has 0 saturated carbocycles. The SMILES string of the molecule is COc1ccc(/C(O)=C2\C(=O)C(=O)N(c3nc(C)c(C)s3)C2c2ccccn2)cc1F. The number of methoxy groups -OCH3 is 1. The fourth-order valence-corrected chi connectivity index (χ4v) is 4.31. The summed E-state index contributed by atoms with van der Waals surface area (Å²) in [7, 11) is 1.32. The highest BCUT2D eigenvalue weighted by Gasteiger charge is 2.48. The molecule has 0 radical (unpaired) electrons. The van der Waals surface area contributed by atoms with Gasteiger partial charge in [-0.15, -0.1) is 11.3 Å². The molecule has 1 unspecified atom stereocenters. The van der Waals surface area contributed by atoms with Gasteiger partial charge < -0.3 is 9.84 Å². The van der Waals surface area contributed by atoms with Crippen molar-refractivity contribution in [3.8, 4) is 5.75 Å². The van der Waals surface area contributed by atoms with E-state index in [1.807, 2.05) is 13.8 Å². The maximum absolute atomic E-state index is 14.2. The molecule has 31 heavy (non-hydrogen) atoms. The van der Waals surface area contributed by atoms with E-state index >= 15 is 0 Å². The number of thiazole rings is 1. The molecule has 3 aromatic rings. The number of aliphatic hydroxyl groups is 1. The largest absolute Gasteiger partial charge is 0.507 e. The summed E-state index contributed by atoms with van der Waals surface area (Å²) in [5, 5.41) is 11.3. The number of rotatable bonds is 4. The predicted molar refractivity (Wildman–Crippen MR) is 114 cm³/mol. The molecule has 0 bridgehead atoms. The Hall–Kier alpha value is -3.59. The first-order chi connectivity index (χ1) is 14.8. The number of hydrogen-bond donors (Lipinski definition) is 1. The van der Waals surface area contributed by atoms with Gasteiger partial charge >= 0.3 is 5.91 Å². The molecule has 1 aliphatic rings. The van der Waals surface area contributed by atoms with Gasteiger partial charge in [-0.25, -0.2) is 9.37 Å². The number of amides is 1. The Morgan fingerprint density at radius 2 is 2.00 bits per heavy atom. The maximum atomic E-state index is 14.2. The van der Waals surface area contributed by atoms with Crippen LogP contribution in [0.25, 0.3) is 5.76 Å². The zero-order chi connectivity index (χ0) is 22.3. The van der Waals surface area contributed by atoms with E-state index in [-0.39, 0.29) is 16.9 Å². The van der Waals surface area contributed by atoms with E-state index in [0.29, 0.717) is 10.8 Å². The standard InChI is InChI=1S/C22H18FN3O4S/c1-11-12(2)31-22(25-11)26-18(15-6-4-5-9-24-15)17(20(28)21(26)29)19(27)13-7-8-16(30-3)14(23)10-13/h4-10,18,27H,1-3H3/b19-17+. The van der Waals surface area contributed by atoms with Gasteiger partial charge in [-0.1, -0.05) is 6.07 Å². The average Bonchev–Trinajstić information content (AvgIpc) is 3.23. The van der Waals surface area contributed by atoms with Crippen LogP contribution in [0, 0.1) is 19.7 Å².